The van der Waals surface area contributed by atoms with Gasteiger partial charge in [-0.25, -0.2) is 20.0 Å². The molecule has 20 nitrogen and oxygen atoms in total. The Balaban J connectivity index is 1.69. The lowest BCUT2D eigenvalue weighted by Crippen LogP contribution is -2.24. The van der Waals surface area contributed by atoms with Gasteiger partial charge in [-0.15, -0.1) is 8.67 Å². The number of hydrogen-bond acceptors (Lipinski definition) is 18. The van der Waals surface area contributed by atoms with Crippen LogP contribution in [-0.2, 0) is 53.3 Å². The van der Waals surface area contributed by atoms with Crippen LogP contribution in [0.4, 0.5) is 5.69 Å². The number of carbonyl (C=O) groups is 3. The molecule has 1 amide bonds. The highest BCUT2D eigenvalue weighted by Gasteiger charge is 2.38. The number of anilines is 1. The van der Waals surface area contributed by atoms with E-state index >= 15 is 0 Å². The highest BCUT2D eigenvalue weighted by Crippen LogP contribution is 2.35. The van der Waals surface area contributed by atoms with Crippen LogP contribution in [0.2, 0.25) is 0 Å². The number of aromatic nitrogens is 2. The molecule has 1 aliphatic rings. The molecule has 0 fully saturated rings. The third-order valence-electron chi connectivity index (χ3n) is 6.31. The lowest BCUT2D eigenvalue weighted by atomic mass is 10.1. The normalized spacial score (nSPS) is 14.6. The molecular formula is C27H22N4O16S4. The molecule has 1 aliphatic heterocycles. The quantitative estimate of drug-likeness (QED) is 0.0251. The van der Waals surface area contributed by atoms with Crippen LogP contribution >= 0.6 is 24.1 Å². The zero-order valence-corrected chi connectivity index (χ0v) is 28.8. The van der Waals surface area contributed by atoms with E-state index in [0.717, 1.165) is 42.1 Å². The van der Waals surface area contributed by atoms with Crippen LogP contribution in [0.15, 0.2) is 97.2 Å². The molecule has 24 heteroatoms. The molecule has 0 unspecified atom stereocenters. The second-order valence-corrected chi connectivity index (χ2v) is 13.8. The molecule has 0 spiro atoms. The van der Waals surface area contributed by atoms with Gasteiger partial charge >= 0.3 is 5.97 Å². The fraction of sp³-hybridized carbons (Fsp3) is 0.0741. The minimum absolute atomic E-state index is 0.0795. The summed E-state index contributed by atoms with van der Waals surface area (Å²) in [6, 6.07) is 6.61. The molecule has 51 heavy (non-hydrogen) atoms. The Labute approximate surface area is 295 Å². The Morgan fingerprint density at radius 1 is 0.863 bits per heavy atom. The average molecular weight is 787 g/mol. The molecule has 270 valence electrons. The Morgan fingerprint density at radius 2 is 1.43 bits per heavy atom. The number of esters is 1. The molecule has 0 saturated carbocycles. The number of rotatable bonds is 15. The maximum absolute atomic E-state index is 13.4. The van der Waals surface area contributed by atoms with Gasteiger partial charge in [-0.05, 0) is 42.5 Å². The molecule has 0 atom stereocenters. The van der Waals surface area contributed by atoms with Crippen molar-refractivity contribution < 1.29 is 74.3 Å². The number of allylic oxidation sites excluding steroid dienone is 4. The molecule has 3 aromatic rings. The summed E-state index contributed by atoms with van der Waals surface area (Å²) in [7, 11) is -8.70. The van der Waals surface area contributed by atoms with Crippen molar-refractivity contribution in [1.29, 1.82) is 0 Å². The summed E-state index contributed by atoms with van der Waals surface area (Å²) in [5, 5.41) is 32.5. The summed E-state index contributed by atoms with van der Waals surface area (Å²) in [6.07, 6.45) is 7.84. The predicted octanol–water partition coefficient (Wildman–Crippen LogP) is 3.50. The summed E-state index contributed by atoms with van der Waals surface area (Å²) >= 11 is 0.904. The molecule has 4 N–H and O–H groups in total. The van der Waals surface area contributed by atoms with Crippen molar-refractivity contribution in [2.24, 2.45) is 5.10 Å². The standard InChI is InChI=1S/C27H22N4O16S4/c1-15(32)24-16(14-30(28-24)20-12-17(48-46-44-35)8-10-22(20)50(37,38)39)6-4-3-5-7-19-25(27(34)43-2)29-31(26(19)33)21-13-18(49-47-45-36)9-11-23(21)51(40,41)42/h3-14,35-36H,1-2H3,(H,37,38,39)(H,40,41,42)/b5-3+,6-4+,19-7+. The summed E-state index contributed by atoms with van der Waals surface area (Å²) in [5.74, 6) is -2.60. The van der Waals surface area contributed by atoms with E-state index in [4.69, 9.17) is 15.3 Å². The SMILES string of the molecule is COC(=O)C1=NN(c2cc(SOOO)ccc2S(=O)(=O)O)C(=O)/C1=C/C=C/C=C/c1cn(-c2cc(SOOO)ccc2S(=O)(=O)O)nc1C(C)=O. The number of ether oxygens (including phenoxy) is 1. The minimum Gasteiger partial charge on any atom is -0.464 e. The van der Waals surface area contributed by atoms with Crippen molar-refractivity contribution >= 4 is 79.5 Å². The Kier molecular flexibility index (Phi) is 12.8. The van der Waals surface area contributed by atoms with Gasteiger partial charge in [0.2, 0.25) is 0 Å². The molecule has 0 bridgehead atoms. The highest BCUT2D eigenvalue weighted by atomic mass is 32.2. The molecule has 1 aromatic heterocycles. The van der Waals surface area contributed by atoms with E-state index in [1.54, 1.807) is 0 Å². The van der Waals surface area contributed by atoms with E-state index in [1.807, 2.05) is 0 Å². The molecule has 4 rings (SSSR count). The van der Waals surface area contributed by atoms with Crippen molar-refractivity contribution in [2.75, 3.05) is 12.1 Å². The van der Waals surface area contributed by atoms with E-state index in [-0.39, 0.29) is 32.3 Å². The lowest BCUT2D eigenvalue weighted by molar-refractivity contribution is -0.432. The molecule has 0 aliphatic carbocycles. The molecule has 2 heterocycles. The maximum Gasteiger partial charge on any atom is 0.359 e. The van der Waals surface area contributed by atoms with Gasteiger partial charge in [0, 0.05) is 28.5 Å². The number of methoxy groups -OCH3 is 1. The van der Waals surface area contributed by atoms with Gasteiger partial charge < -0.3 is 4.74 Å². The smallest absolute Gasteiger partial charge is 0.359 e. The average Bonchev–Trinajstić information content (AvgIpc) is 3.66. The third kappa shape index (κ3) is 9.41. The van der Waals surface area contributed by atoms with Gasteiger partial charge in [-0.1, -0.05) is 34.4 Å². The first kappa shape index (κ1) is 39.2. The van der Waals surface area contributed by atoms with E-state index in [2.05, 4.69) is 28.9 Å². The zero-order chi connectivity index (χ0) is 37.5. The highest BCUT2D eigenvalue weighted by molar-refractivity contribution is 7.94. The minimum atomic E-state index is -4.93. The van der Waals surface area contributed by atoms with Crippen molar-refractivity contribution in [3.63, 3.8) is 0 Å². The van der Waals surface area contributed by atoms with E-state index < -0.39 is 59.1 Å². The number of Topliss-reactive ketones (excluding diaryl/α,β-unsaturated/α-hetero) is 1. The van der Waals surface area contributed by atoms with Crippen LogP contribution in [0, 0.1) is 0 Å². The van der Waals surface area contributed by atoms with Gasteiger partial charge in [0.1, 0.15) is 15.5 Å². The first-order valence-corrected chi connectivity index (χ1v) is 17.7. The van der Waals surface area contributed by atoms with Crippen LogP contribution in [0.3, 0.4) is 0 Å². The number of benzene rings is 2. The van der Waals surface area contributed by atoms with Crippen molar-refractivity contribution in [1.82, 2.24) is 9.78 Å². The van der Waals surface area contributed by atoms with Crippen molar-refractivity contribution in [3.8, 4) is 5.69 Å². The second-order valence-electron chi connectivity index (χ2n) is 9.48. The molecule has 0 saturated heterocycles. The zero-order valence-electron chi connectivity index (χ0n) is 25.5. The van der Waals surface area contributed by atoms with Crippen LogP contribution in [0.25, 0.3) is 11.8 Å². The number of hydrazone groups is 1. The van der Waals surface area contributed by atoms with Gasteiger partial charge in [0.25, 0.3) is 26.1 Å². The number of amides is 1. The van der Waals surface area contributed by atoms with Crippen LogP contribution in [-0.4, -0.2) is 76.7 Å². The van der Waals surface area contributed by atoms with Gasteiger partial charge in [-0.2, -0.15) is 32.0 Å². The first-order chi connectivity index (χ1) is 24.1. The Hall–Kier alpha value is -4.57. The lowest BCUT2D eigenvalue weighted by Gasteiger charge is -2.15. The topological polar surface area (TPSA) is 280 Å². The molecule has 0 radical (unpaired) electrons. The third-order valence-corrected chi connectivity index (χ3v) is 9.26. The predicted molar refractivity (Wildman–Crippen MR) is 174 cm³/mol. The first-order valence-electron chi connectivity index (χ1n) is 13.3. The van der Waals surface area contributed by atoms with Gasteiger partial charge in [-0.3, -0.25) is 18.7 Å². The number of nitrogens with zero attached hydrogens (tertiary/aromatic N) is 4. The van der Waals surface area contributed by atoms with E-state index in [1.165, 1.54) is 49.6 Å². The fourth-order valence-corrected chi connectivity index (χ4v) is 6.34. The van der Waals surface area contributed by atoms with Gasteiger partial charge in [0.15, 0.2) is 11.5 Å². The monoisotopic (exact) mass is 786 g/mol. The van der Waals surface area contributed by atoms with Crippen molar-refractivity contribution in [3.05, 3.63) is 83.7 Å². The van der Waals surface area contributed by atoms with Crippen LogP contribution in [0.5, 0.6) is 0 Å². The van der Waals surface area contributed by atoms with E-state index in [9.17, 15) is 40.3 Å². The largest absolute Gasteiger partial charge is 0.464 e. The molecular weight excluding hydrogens is 765 g/mol. The number of carbonyl (C=O) groups excluding carboxylic acids is 3. The summed E-state index contributed by atoms with van der Waals surface area (Å²) in [4.78, 5) is 37.3. The van der Waals surface area contributed by atoms with E-state index in [0.29, 0.717) is 29.1 Å². The van der Waals surface area contributed by atoms with Crippen LogP contribution < -0.4 is 5.01 Å². The maximum atomic E-state index is 13.4. The fourth-order valence-electron chi connectivity index (χ4n) is 4.24. The van der Waals surface area contributed by atoms with Crippen LogP contribution in [0.1, 0.15) is 23.0 Å². The Morgan fingerprint density at radius 3 is 1.96 bits per heavy atom. The van der Waals surface area contributed by atoms with Crippen molar-refractivity contribution in [2.45, 2.75) is 26.5 Å². The number of ketones is 1. The number of hydrogen-bond donors (Lipinski definition) is 4. The van der Waals surface area contributed by atoms with Gasteiger partial charge in [0.05, 0.1) is 48.1 Å². The molecule has 2 aromatic carbocycles. The summed E-state index contributed by atoms with van der Waals surface area (Å²) < 4.78 is 82.1. The summed E-state index contributed by atoms with van der Waals surface area (Å²) in [6.45, 7) is 1.20. The Bertz CT molecular complexity index is 2210. The second kappa shape index (κ2) is 16.6. The summed E-state index contributed by atoms with van der Waals surface area (Å²) in [5.41, 5.74) is -1.51.